The molecule has 0 aromatic heterocycles. The molecule has 0 atom stereocenters. The van der Waals surface area contributed by atoms with E-state index in [1.807, 2.05) is 0 Å². The van der Waals surface area contributed by atoms with Gasteiger partial charge in [0.05, 0.1) is 0 Å². The Labute approximate surface area is 281 Å². The molecule has 0 aliphatic rings. The van der Waals surface area contributed by atoms with Gasteiger partial charge in [0.1, 0.15) is 0 Å². The zero-order valence-corrected chi connectivity index (χ0v) is 31.3. The molecule has 246 valence electrons. The van der Waals surface area contributed by atoms with Gasteiger partial charge in [-0.15, -0.1) is 0 Å². The molecule has 4 rings (SSSR count). The summed E-state index contributed by atoms with van der Waals surface area (Å²) in [5.41, 5.74) is 16.0. The molecule has 0 radical (unpaired) electrons. The van der Waals surface area contributed by atoms with E-state index in [2.05, 4.69) is 180 Å². The first-order valence-electron chi connectivity index (χ1n) is 17.1. The van der Waals surface area contributed by atoms with Crippen molar-refractivity contribution in [2.45, 2.75) is 132 Å². The van der Waals surface area contributed by atoms with Crippen LogP contribution < -0.4 is 10.6 Å². The molecular formula is C44H60N2. The summed E-state index contributed by atoms with van der Waals surface area (Å²) in [4.78, 5) is 0. The Morgan fingerprint density at radius 2 is 0.696 bits per heavy atom. The van der Waals surface area contributed by atoms with Gasteiger partial charge in [-0.3, -0.25) is 0 Å². The van der Waals surface area contributed by atoms with Gasteiger partial charge in [-0.2, -0.15) is 0 Å². The van der Waals surface area contributed by atoms with Crippen LogP contribution in [0.25, 0.3) is 11.1 Å². The van der Waals surface area contributed by atoms with Crippen LogP contribution in [0.2, 0.25) is 0 Å². The largest absolute Gasteiger partial charge is 0.380 e. The summed E-state index contributed by atoms with van der Waals surface area (Å²) in [5, 5.41) is 7.75. The van der Waals surface area contributed by atoms with Crippen molar-refractivity contribution in [3.8, 4) is 11.1 Å². The molecular weight excluding hydrogens is 556 g/mol. The van der Waals surface area contributed by atoms with E-state index in [9.17, 15) is 0 Å². The number of nitrogens with one attached hydrogen (secondary N) is 2. The molecule has 2 N–H and O–H groups in total. The van der Waals surface area contributed by atoms with Crippen molar-refractivity contribution in [2.24, 2.45) is 0 Å². The first kappa shape index (κ1) is 35.3. The Hall–Kier alpha value is -3.52. The molecule has 0 saturated carbocycles. The van der Waals surface area contributed by atoms with Crippen LogP contribution in [0.15, 0.2) is 72.8 Å². The fraction of sp³-hybridized carbons (Fsp3) is 0.455. The molecule has 0 unspecified atom stereocenters. The first-order chi connectivity index (χ1) is 21.1. The van der Waals surface area contributed by atoms with E-state index in [0.717, 1.165) is 13.1 Å². The van der Waals surface area contributed by atoms with E-state index in [0.29, 0.717) is 0 Å². The zero-order valence-electron chi connectivity index (χ0n) is 31.3. The van der Waals surface area contributed by atoms with Crippen LogP contribution in [0.4, 0.5) is 11.4 Å². The fourth-order valence-electron chi connectivity index (χ4n) is 6.01. The van der Waals surface area contributed by atoms with E-state index in [1.54, 1.807) is 0 Å². The van der Waals surface area contributed by atoms with E-state index in [1.165, 1.54) is 67.0 Å². The van der Waals surface area contributed by atoms with Gasteiger partial charge in [-0.25, -0.2) is 0 Å². The molecule has 0 amide bonds. The predicted molar refractivity (Wildman–Crippen MR) is 204 cm³/mol. The second-order valence-electron chi connectivity index (χ2n) is 17.5. The molecule has 2 nitrogen and oxygen atoms in total. The van der Waals surface area contributed by atoms with Crippen molar-refractivity contribution >= 4 is 11.4 Å². The molecule has 0 aliphatic heterocycles. The van der Waals surface area contributed by atoms with Gasteiger partial charge in [0.25, 0.3) is 0 Å². The van der Waals surface area contributed by atoms with Gasteiger partial charge in [-0.05, 0) is 92.1 Å². The molecule has 0 aliphatic carbocycles. The van der Waals surface area contributed by atoms with Crippen LogP contribution in [-0.4, -0.2) is 0 Å². The van der Waals surface area contributed by atoms with E-state index >= 15 is 0 Å². The zero-order chi connectivity index (χ0) is 34.2. The van der Waals surface area contributed by atoms with E-state index < -0.39 is 0 Å². The topological polar surface area (TPSA) is 24.1 Å². The van der Waals surface area contributed by atoms with Crippen molar-refractivity contribution in [3.05, 3.63) is 117 Å². The summed E-state index contributed by atoms with van der Waals surface area (Å²) in [6.07, 6.45) is 0. The second kappa shape index (κ2) is 12.9. The van der Waals surface area contributed by atoms with Gasteiger partial charge in [-0.1, -0.05) is 144 Å². The SMILES string of the molecule is Cc1cccc(NCc2cc(C(C)(C)C)cc(C(C)(C)C)c2)c1-c1c(C)cccc1NCc1cc(C(C)(C)C)cc(C(C)(C)C)c1. The van der Waals surface area contributed by atoms with Crippen molar-refractivity contribution in [1.29, 1.82) is 0 Å². The minimum absolute atomic E-state index is 0.0896. The minimum Gasteiger partial charge on any atom is -0.380 e. The van der Waals surface area contributed by atoms with Crippen LogP contribution in [0, 0.1) is 13.8 Å². The smallest absolute Gasteiger partial charge is 0.0426 e. The van der Waals surface area contributed by atoms with Crippen LogP contribution in [0.5, 0.6) is 0 Å². The lowest BCUT2D eigenvalue weighted by molar-refractivity contribution is 0.566. The van der Waals surface area contributed by atoms with Crippen LogP contribution >= 0.6 is 0 Å². The molecule has 4 aromatic rings. The van der Waals surface area contributed by atoms with Gasteiger partial charge in [0, 0.05) is 35.6 Å². The molecule has 0 bridgehead atoms. The van der Waals surface area contributed by atoms with Gasteiger partial charge < -0.3 is 10.6 Å². The lowest BCUT2D eigenvalue weighted by Gasteiger charge is -2.27. The van der Waals surface area contributed by atoms with Gasteiger partial charge in [0.2, 0.25) is 0 Å². The lowest BCUT2D eigenvalue weighted by Crippen LogP contribution is -2.18. The highest BCUT2D eigenvalue weighted by atomic mass is 14.9. The maximum absolute atomic E-state index is 3.87. The normalized spacial score (nSPS) is 12.7. The summed E-state index contributed by atoms with van der Waals surface area (Å²) >= 11 is 0. The molecule has 0 saturated heterocycles. The fourth-order valence-corrected chi connectivity index (χ4v) is 6.01. The van der Waals surface area contributed by atoms with Gasteiger partial charge >= 0.3 is 0 Å². The second-order valence-corrected chi connectivity index (χ2v) is 17.5. The molecule has 0 fully saturated rings. The third-order valence-corrected chi connectivity index (χ3v) is 9.21. The van der Waals surface area contributed by atoms with E-state index in [4.69, 9.17) is 0 Å². The third-order valence-electron chi connectivity index (χ3n) is 9.21. The summed E-state index contributed by atoms with van der Waals surface area (Å²) in [6, 6.07) is 27.6. The number of aryl methyl sites for hydroxylation is 2. The maximum atomic E-state index is 3.87. The van der Waals surface area contributed by atoms with Crippen LogP contribution in [0.3, 0.4) is 0 Å². The highest BCUT2D eigenvalue weighted by Gasteiger charge is 2.23. The monoisotopic (exact) mass is 616 g/mol. The molecule has 0 spiro atoms. The summed E-state index contributed by atoms with van der Waals surface area (Å²) in [5.74, 6) is 0. The Kier molecular flexibility index (Phi) is 9.94. The maximum Gasteiger partial charge on any atom is 0.0426 e. The lowest BCUT2D eigenvalue weighted by atomic mass is 9.79. The number of benzene rings is 4. The highest BCUT2D eigenvalue weighted by molar-refractivity contribution is 5.90. The van der Waals surface area contributed by atoms with Crippen LogP contribution in [-0.2, 0) is 34.7 Å². The van der Waals surface area contributed by atoms with Crippen molar-refractivity contribution < 1.29 is 0 Å². The molecule has 2 heteroatoms. The average molecular weight is 617 g/mol. The Morgan fingerprint density at radius 3 is 0.957 bits per heavy atom. The Morgan fingerprint density at radius 1 is 0.413 bits per heavy atom. The summed E-state index contributed by atoms with van der Waals surface area (Å²) < 4.78 is 0. The van der Waals surface area contributed by atoms with Crippen molar-refractivity contribution in [1.82, 2.24) is 0 Å². The van der Waals surface area contributed by atoms with Crippen molar-refractivity contribution in [3.63, 3.8) is 0 Å². The molecule has 0 heterocycles. The average Bonchev–Trinajstić information content (AvgIpc) is 2.93. The van der Waals surface area contributed by atoms with Gasteiger partial charge in [0.15, 0.2) is 0 Å². The number of anilines is 2. The quantitative estimate of drug-likeness (QED) is 0.216. The molecule has 4 aromatic carbocycles. The first-order valence-corrected chi connectivity index (χ1v) is 17.1. The predicted octanol–water partition coefficient (Wildman–Crippen LogP) is 12.4. The van der Waals surface area contributed by atoms with Crippen molar-refractivity contribution in [2.75, 3.05) is 10.6 Å². The van der Waals surface area contributed by atoms with E-state index in [-0.39, 0.29) is 21.7 Å². The van der Waals surface area contributed by atoms with Crippen LogP contribution in [0.1, 0.15) is 128 Å². The third kappa shape index (κ3) is 8.44. The number of hydrogen-bond donors (Lipinski definition) is 2. The Bertz CT molecular complexity index is 1490. The minimum atomic E-state index is 0.0896. The number of rotatable bonds is 7. The standard InChI is InChI=1S/C44H60N2/c1-29-17-15-19-37(45-27-31-21-33(41(3,4)5)25-34(22-31)42(6,7)8)39(29)40-30(2)18-16-20-38(40)46-28-32-23-35(43(9,10)11)26-36(24-32)44(12,13)14/h15-26,45-46H,27-28H2,1-14H3. The number of hydrogen-bond acceptors (Lipinski definition) is 2. The summed E-state index contributed by atoms with van der Waals surface area (Å²) in [6.45, 7) is 33.7. The summed E-state index contributed by atoms with van der Waals surface area (Å²) in [7, 11) is 0. The molecule has 46 heavy (non-hydrogen) atoms. The Balaban J connectivity index is 1.71. The highest BCUT2D eigenvalue weighted by Crippen LogP contribution is 2.40.